The number of ether oxygens (including phenoxy) is 2. The first kappa shape index (κ1) is 19.9. The van der Waals surface area contributed by atoms with Gasteiger partial charge in [0.1, 0.15) is 4.88 Å². The smallest absolute Gasteiger partial charge is 0.348 e. The molecule has 1 fully saturated rings. The Kier molecular flexibility index (Phi) is 7.00. The van der Waals surface area contributed by atoms with Gasteiger partial charge in [-0.2, -0.15) is 5.26 Å². The van der Waals surface area contributed by atoms with Gasteiger partial charge in [-0.25, -0.2) is 4.79 Å². The summed E-state index contributed by atoms with van der Waals surface area (Å²) in [7, 11) is 0. The highest BCUT2D eigenvalue weighted by molar-refractivity contribution is 7.18. The number of morpholine rings is 1. The van der Waals surface area contributed by atoms with Gasteiger partial charge >= 0.3 is 5.97 Å². The number of hydrogen-bond donors (Lipinski definition) is 1. The molecule has 0 bridgehead atoms. The van der Waals surface area contributed by atoms with Crippen molar-refractivity contribution in [3.8, 4) is 17.2 Å². The molecule has 146 valence electrons. The molecule has 1 amide bonds. The number of hydrogen-bond acceptors (Lipinski definition) is 7. The number of nitrogens with zero attached hydrogens (tertiary/aromatic N) is 2. The SMILES string of the molecule is N#CCCNC(=O)COC(=O)c1cc(-c2ccccc2)c(N2CCOCC2)s1. The lowest BCUT2D eigenvalue weighted by Gasteiger charge is -2.28. The number of amides is 1. The zero-order valence-electron chi connectivity index (χ0n) is 15.3. The van der Waals surface area contributed by atoms with Crippen LogP contribution in [0.2, 0.25) is 0 Å². The van der Waals surface area contributed by atoms with Crippen LogP contribution in [-0.4, -0.2) is 51.3 Å². The molecule has 1 aromatic heterocycles. The van der Waals surface area contributed by atoms with E-state index < -0.39 is 11.9 Å². The molecule has 1 N–H and O–H groups in total. The van der Waals surface area contributed by atoms with E-state index in [9.17, 15) is 9.59 Å². The van der Waals surface area contributed by atoms with Gasteiger partial charge in [-0.05, 0) is 11.6 Å². The van der Waals surface area contributed by atoms with Gasteiger partial charge in [0.25, 0.3) is 5.91 Å². The number of esters is 1. The third kappa shape index (κ3) is 5.09. The first-order chi connectivity index (χ1) is 13.7. The fraction of sp³-hybridized carbons (Fsp3) is 0.350. The van der Waals surface area contributed by atoms with Crippen LogP contribution >= 0.6 is 11.3 Å². The summed E-state index contributed by atoms with van der Waals surface area (Å²) < 4.78 is 10.6. The van der Waals surface area contributed by atoms with Gasteiger partial charge < -0.3 is 19.7 Å². The van der Waals surface area contributed by atoms with Crippen molar-refractivity contribution in [3.63, 3.8) is 0 Å². The van der Waals surface area contributed by atoms with E-state index in [0.29, 0.717) is 18.1 Å². The van der Waals surface area contributed by atoms with E-state index in [1.165, 1.54) is 11.3 Å². The summed E-state index contributed by atoms with van der Waals surface area (Å²) in [6, 6.07) is 13.6. The van der Waals surface area contributed by atoms with Crippen LogP contribution in [-0.2, 0) is 14.3 Å². The van der Waals surface area contributed by atoms with E-state index >= 15 is 0 Å². The Bertz CT molecular complexity index is 854. The number of rotatable bonds is 7. The van der Waals surface area contributed by atoms with E-state index in [4.69, 9.17) is 14.7 Å². The average molecular weight is 399 g/mol. The molecule has 0 spiro atoms. The van der Waals surface area contributed by atoms with Crippen molar-refractivity contribution in [1.29, 1.82) is 5.26 Å². The topological polar surface area (TPSA) is 91.7 Å². The molecule has 1 saturated heterocycles. The predicted molar refractivity (Wildman–Crippen MR) is 106 cm³/mol. The minimum absolute atomic E-state index is 0.216. The molecular weight excluding hydrogens is 378 g/mol. The maximum Gasteiger partial charge on any atom is 0.348 e. The highest BCUT2D eigenvalue weighted by Gasteiger charge is 2.22. The monoisotopic (exact) mass is 399 g/mol. The van der Waals surface area contributed by atoms with Crippen molar-refractivity contribution >= 4 is 28.2 Å². The summed E-state index contributed by atoms with van der Waals surface area (Å²) in [5, 5.41) is 12.0. The Morgan fingerprint density at radius 3 is 2.71 bits per heavy atom. The minimum atomic E-state index is -0.530. The van der Waals surface area contributed by atoms with Crippen LogP contribution < -0.4 is 10.2 Å². The van der Waals surface area contributed by atoms with Crippen LogP contribution in [0.1, 0.15) is 16.1 Å². The number of carbonyl (C=O) groups excluding carboxylic acids is 2. The number of benzene rings is 1. The third-order valence-electron chi connectivity index (χ3n) is 4.19. The van der Waals surface area contributed by atoms with E-state index in [-0.39, 0.29) is 19.6 Å². The summed E-state index contributed by atoms with van der Waals surface area (Å²) in [5.74, 6) is -0.950. The van der Waals surface area contributed by atoms with Crippen LogP contribution in [0.15, 0.2) is 36.4 Å². The fourth-order valence-electron chi connectivity index (χ4n) is 2.82. The van der Waals surface area contributed by atoms with Crippen molar-refractivity contribution in [1.82, 2.24) is 5.32 Å². The van der Waals surface area contributed by atoms with Crippen LogP contribution in [0.4, 0.5) is 5.00 Å². The second-order valence-corrected chi connectivity index (χ2v) is 7.16. The molecule has 2 aromatic rings. The zero-order chi connectivity index (χ0) is 19.8. The molecule has 0 radical (unpaired) electrons. The minimum Gasteiger partial charge on any atom is -0.451 e. The van der Waals surface area contributed by atoms with E-state index in [2.05, 4.69) is 10.2 Å². The zero-order valence-corrected chi connectivity index (χ0v) is 16.2. The van der Waals surface area contributed by atoms with Gasteiger partial charge in [0.2, 0.25) is 0 Å². The first-order valence-electron chi connectivity index (χ1n) is 9.02. The van der Waals surface area contributed by atoms with Crippen molar-refractivity contribution < 1.29 is 19.1 Å². The van der Waals surface area contributed by atoms with Crippen LogP contribution in [0, 0.1) is 11.3 Å². The Labute approximate surface area is 167 Å². The summed E-state index contributed by atoms with van der Waals surface area (Å²) >= 11 is 1.36. The third-order valence-corrected chi connectivity index (χ3v) is 5.37. The molecule has 1 aliphatic rings. The number of nitriles is 1. The molecule has 0 saturated carbocycles. The Morgan fingerprint density at radius 1 is 1.25 bits per heavy atom. The summed E-state index contributed by atoms with van der Waals surface area (Å²) in [4.78, 5) is 26.8. The molecule has 28 heavy (non-hydrogen) atoms. The summed E-state index contributed by atoms with van der Waals surface area (Å²) in [6.07, 6.45) is 0.216. The van der Waals surface area contributed by atoms with Gasteiger partial charge in [-0.1, -0.05) is 30.3 Å². The van der Waals surface area contributed by atoms with Crippen molar-refractivity contribution in [2.75, 3.05) is 44.4 Å². The fourth-order valence-corrected chi connectivity index (χ4v) is 3.94. The highest BCUT2D eigenvalue weighted by Crippen LogP contribution is 2.39. The summed E-state index contributed by atoms with van der Waals surface area (Å²) in [6.45, 7) is 2.69. The van der Waals surface area contributed by atoms with Gasteiger partial charge in [0.05, 0.1) is 30.7 Å². The van der Waals surface area contributed by atoms with Gasteiger partial charge in [0, 0.05) is 25.2 Å². The van der Waals surface area contributed by atoms with Crippen molar-refractivity contribution in [2.24, 2.45) is 0 Å². The van der Waals surface area contributed by atoms with Crippen LogP contribution in [0.3, 0.4) is 0 Å². The van der Waals surface area contributed by atoms with Crippen molar-refractivity contribution in [2.45, 2.75) is 6.42 Å². The molecule has 0 atom stereocenters. The normalized spacial score (nSPS) is 13.6. The number of anilines is 1. The van der Waals surface area contributed by atoms with E-state index in [1.54, 1.807) is 0 Å². The maximum absolute atomic E-state index is 12.5. The highest BCUT2D eigenvalue weighted by atomic mass is 32.1. The van der Waals surface area contributed by atoms with Gasteiger partial charge in [-0.3, -0.25) is 4.79 Å². The Balaban J connectivity index is 1.74. The molecule has 2 heterocycles. The molecule has 1 aromatic carbocycles. The lowest BCUT2D eigenvalue weighted by Crippen LogP contribution is -2.35. The predicted octanol–water partition coefficient (Wildman–Crippen LogP) is 2.44. The van der Waals surface area contributed by atoms with E-state index in [0.717, 1.165) is 29.2 Å². The lowest BCUT2D eigenvalue weighted by molar-refractivity contribution is -0.124. The number of thiophene rings is 1. The number of carbonyl (C=O) groups is 2. The second kappa shape index (κ2) is 9.88. The molecule has 7 nitrogen and oxygen atoms in total. The molecule has 0 aliphatic carbocycles. The van der Waals surface area contributed by atoms with E-state index in [1.807, 2.05) is 42.5 Å². The standard InChI is InChI=1S/C20H21N3O4S/c21-7-4-8-22-18(24)14-27-20(25)17-13-16(15-5-2-1-3-6-15)19(28-17)23-9-11-26-12-10-23/h1-3,5-6,13H,4,8-12,14H2,(H,22,24). The number of nitrogens with one attached hydrogen (secondary N) is 1. The lowest BCUT2D eigenvalue weighted by atomic mass is 10.1. The van der Waals surface area contributed by atoms with Gasteiger partial charge in [0.15, 0.2) is 6.61 Å². The molecule has 0 unspecified atom stereocenters. The average Bonchev–Trinajstić information content (AvgIpc) is 3.19. The first-order valence-corrected chi connectivity index (χ1v) is 9.83. The Morgan fingerprint density at radius 2 is 2.00 bits per heavy atom. The largest absolute Gasteiger partial charge is 0.451 e. The van der Waals surface area contributed by atoms with Crippen molar-refractivity contribution in [3.05, 3.63) is 41.3 Å². The Hall–Kier alpha value is -2.89. The van der Waals surface area contributed by atoms with Crippen LogP contribution in [0.25, 0.3) is 11.1 Å². The van der Waals surface area contributed by atoms with Gasteiger partial charge in [-0.15, -0.1) is 11.3 Å². The summed E-state index contributed by atoms with van der Waals surface area (Å²) in [5.41, 5.74) is 1.99. The van der Waals surface area contributed by atoms with Crippen LogP contribution in [0.5, 0.6) is 0 Å². The second-order valence-electron chi connectivity index (χ2n) is 6.13. The maximum atomic E-state index is 12.5. The quantitative estimate of drug-likeness (QED) is 0.568. The molecular formula is C20H21N3O4S. The molecule has 8 heteroatoms. The molecule has 3 rings (SSSR count). The molecule has 1 aliphatic heterocycles.